The predicted octanol–water partition coefficient (Wildman–Crippen LogP) is 3.51. The lowest BCUT2D eigenvalue weighted by molar-refractivity contribution is -0.0790. The van der Waals surface area contributed by atoms with Gasteiger partial charge in [0, 0.05) is 29.7 Å². The van der Waals surface area contributed by atoms with Gasteiger partial charge in [-0.05, 0) is 67.3 Å². The molecule has 2 rings (SSSR count). The molecule has 2 nitrogen and oxygen atoms in total. The van der Waals surface area contributed by atoms with Gasteiger partial charge in [-0.2, -0.15) is 0 Å². The second-order valence-electron chi connectivity index (χ2n) is 8.15. The first kappa shape index (κ1) is 14.3. The number of likely N-dealkylation sites (tertiary alicyclic amines) is 2. The van der Waals surface area contributed by atoms with Crippen molar-refractivity contribution in [1.82, 2.24) is 9.80 Å². The van der Waals surface area contributed by atoms with E-state index >= 15 is 0 Å². The van der Waals surface area contributed by atoms with Crippen molar-refractivity contribution in [3.63, 3.8) is 0 Å². The first-order valence-corrected chi connectivity index (χ1v) is 7.75. The number of hydrogen-bond donors (Lipinski definition) is 0. The highest BCUT2D eigenvalue weighted by molar-refractivity contribution is 5.01. The Morgan fingerprint density at radius 3 is 1.61 bits per heavy atom. The molecule has 2 aliphatic heterocycles. The molecule has 0 radical (unpaired) electrons. The quantitative estimate of drug-likeness (QED) is 0.704. The van der Waals surface area contributed by atoms with Crippen LogP contribution in [0.3, 0.4) is 0 Å². The molecule has 2 unspecified atom stereocenters. The molecule has 0 spiro atoms. The van der Waals surface area contributed by atoms with Gasteiger partial charge < -0.3 is 0 Å². The van der Waals surface area contributed by atoms with Gasteiger partial charge in [-0.1, -0.05) is 6.42 Å². The van der Waals surface area contributed by atoms with Crippen LogP contribution in [0.2, 0.25) is 0 Å². The molecular weight excluding hydrogens is 220 g/mol. The summed E-state index contributed by atoms with van der Waals surface area (Å²) < 4.78 is 0. The molecule has 0 saturated carbocycles. The van der Waals surface area contributed by atoms with Gasteiger partial charge in [-0.3, -0.25) is 9.80 Å². The van der Waals surface area contributed by atoms with E-state index in [2.05, 4.69) is 51.3 Å². The first-order valence-electron chi connectivity index (χ1n) is 7.75. The molecule has 0 aliphatic carbocycles. The third kappa shape index (κ3) is 2.75. The predicted molar refractivity (Wildman–Crippen MR) is 79.0 cm³/mol. The minimum absolute atomic E-state index is 0.324. The molecule has 2 heteroatoms. The van der Waals surface area contributed by atoms with Crippen LogP contribution in [0.1, 0.15) is 67.2 Å². The maximum atomic E-state index is 2.78. The SMILES string of the molecule is CC(C)(C)N1CCCCC1C1CCN1C(C)(C)C. The Morgan fingerprint density at radius 2 is 1.17 bits per heavy atom. The molecular formula is C16H32N2. The smallest absolute Gasteiger partial charge is 0.0269 e. The Hall–Kier alpha value is -0.0800. The fourth-order valence-electron chi connectivity index (χ4n) is 3.83. The van der Waals surface area contributed by atoms with E-state index < -0.39 is 0 Å². The summed E-state index contributed by atoms with van der Waals surface area (Å²) >= 11 is 0. The minimum Gasteiger partial charge on any atom is -0.294 e. The van der Waals surface area contributed by atoms with E-state index in [1.807, 2.05) is 0 Å². The van der Waals surface area contributed by atoms with Crippen LogP contribution < -0.4 is 0 Å². The van der Waals surface area contributed by atoms with Crippen LogP contribution in [-0.4, -0.2) is 46.1 Å². The van der Waals surface area contributed by atoms with Gasteiger partial charge in [0.25, 0.3) is 0 Å². The molecule has 2 aliphatic rings. The number of nitrogens with zero attached hydrogens (tertiary/aromatic N) is 2. The van der Waals surface area contributed by atoms with E-state index in [0.717, 1.165) is 12.1 Å². The van der Waals surface area contributed by atoms with Crippen molar-refractivity contribution >= 4 is 0 Å². The monoisotopic (exact) mass is 252 g/mol. The Balaban J connectivity index is 2.10. The topological polar surface area (TPSA) is 6.48 Å². The maximum absolute atomic E-state index is 2.78. The summed E-state index contributed by atoms with van der Waals surface area (Å²) in [6, 6.07) is 1.58. The summed E-state index contributed by atoms with van der Waals surface area (Å²) in [5, 5.41) is 0. The zero-order chi connectivity index (χ0) is 13.6. The average molecular weight is 252 g/mol. The average Bonchev–Trinajstić information content (AvgIpc) is 2.12. The van der Waals surface area contributed by atoms with E-state index in [1.165, 1.54) is 38.8 Å². The Kier molecular flexibility index (Phi) is 3.81. The molecule has 106 valence electrons. The van der Waals surface area contributed by atoms with Crippen LogP contribution >= 0.6 is 0 Å². The largest absolute Gasteiger partial charge is 0.294 e. The fraction of sp³-hybridized carbons (Fsp3) is 1.00. The lowest BCUT2D eigenvalue weighted by atomic mass is 9.82. The second kappa shape index (κ2) is 4.79. The number of piperidine rings is 1. The van der Waals surface area contributed by atoms with Crippen LogP contribution in [0.15, 0.2) is 0 Å². The molecule has 2 heterocycles. The van der Waals surface area contributed by atoms with Gasteiger partial charge in [-0.25, -0.2) is 0 Å². The highest BCUT2D eigenvalue weighted by Gasteiger charge is 2.45. The van der Waals surface area contributed by atoms with Crippen LogP contribution in [0.4, 0.5) is 0 Å². The van der Waals surface area contributed by atoms with Crippen LogP contribution in [-0.2, 0) is 0 Å². The molecule has 0 aromatic heterocycles. The van der Waals surface area contributed by atoms with E-state index in [-0.39, 0.29) is 0 Å². The van der Waals surface area contributed by atoms with Gasteiger partial charge in [0.15, 0.2) is 0 Å². The summed E-state index contributed by atoms with van der Waals surface area (Å²) in [6.07, 6.45) is 5.60. The third-order valence-electron chi connectivity index (χ3n) is 4.78. The first-order chi connectivity index (χ1) is 8.21. The Morgan fingerprint density at radius 1 is 0.667 bits per heavy atom. The van der Waals surface area contributed by atoms with Crippen molar-refractivity contribution in [2.24, 2.45) is 0 Å². The zero-order valence-electron chi connectivity index (χ0n) is 13.3. The van der Waals surface area contributed by atoms with Crippen molar-refractivity contribution in [3.8, 4) is 0 Å². The number of hydrogen-bond acceptors (Lipinski definition) is 2. The zero-order valence-corrected chi connectivity index (χ0v) is 13.3. The molecule has 0 N–H and O–H groups in total. The van der Waals surface area contributed by atoms with E-state index in [4.69, 9.17) is 0 Å². The summed E-state index contributed by atoms with van der Waals surface area (Å²) in [4.78, 5) is 5.50. The standard InChI is InChI=1S/C16H32N2/c1-15(2,3)17-11-8-7-9-13(17)14-10-12-18(14)16(4,5)6/h13-14H,7-12H2,1-6H3. The molecule has 0 bridgehead atoms. The van der Waals surface area contributed by atoms with Crippen molar-refractivity contribution in [1.29, 1.82) is 0 Å². The van der Waals surface area contributed by atoms with E-state index in [0.29, 0.717) is 11.1 Å². The summed E-state index contributed by atoms with van der Waals surface area (Å²) in [7, 11) is 0. The van der Waals surface area contributed by atoms with E-state index in [9.17, 15) is 0 Å². The van der Waals surface area contributed by atoms with Gasteiger partial charge in [0.2, 0.25) is 0 Å². The molecule has 0 aromatic carbocycles. The highest BCUT2D eigenvalue weighted by Crippen LogP contribution is 2.37. The normalized spacial score (nSPS) is 32.3. The lowest BCUT2D eigenvalue weighted by Gasteiger charge is -2.58. The van der Waals surface area contributed by atoms with Gasteiger partial charge in [0.05, 0.1) is 0 Å². The van der Waals surface area contributed by atoms with Crippen LogP contribution in [0, 0.1) is 0 Å². The van der Waals surface area contributed by atoms with Crippen LogP contribution in [0.5, 0.6) is 0 Å². The maximum Gasteiger partial charge on any atom is 0.0269 e. The lowest BCUT2D eigenvalue weighted by Crippen LogP contribution is -2.67. The van der Waals surface area contributed by atoms with Gasteiger partial charge in [-0.15, -0.1) is 0 Å². The highest BCUT2D eigenvalue weighted by atomic mass is 15.3. The molecule has 18 heavy (non-hydrogen) atoms. The third-order valence-corrected chi connectivity index (χ3v) is 4.78. The molecule has 2 fully saturated rings. The van der Waals surface area contributed by atoms with Gasteiger partial charge in [0.1, 0.15) is 0 Å². The molecule has 0 aromatic rings. The molecule has 2 atom stereocenters. The van der Waals surface area contributed by atoms with Crippen molar-refractivity contribution in [3.05, 3.63) is 0 Å². The Labute approximate surface area is 114 Å². The summed E-state index contributed by atoms with van der Waals surface area (Å²) in [5.74, 6) is 0. The second-order valence-corrected chi connectivity index (χ2v) is 8.15. The van der Waals surface area contributed by atoms with Crippen molar-refractivity contribution < 1.29 is 0 Å². The summed E-state index contributed by atoms with van der Waals surface area (Å²) in [6.45, 7) is 16.8. The molecule has 2 saturated heterocycles. The number of rotatable bonds is 1. The van der Waals surface area contributed by atoms with Crippen molar-refractivity contribution in [2.45, 2.75) is 90.4 Å². The Bertz CT molecular complexity index is 284. The van der Waals surface area contributed by atoms with Crippen molar-refractivity contribution in [2.75, 3.05) is 13.1 Å². The van der Waals surface area contributed by atoms with E-state index in [1.54, 1.807) is 0 Å². The van der Waals surface area contributed by atoms with Gasteiger partial charge >= 0.3 is 0 Å². The minimum atomic E-state index is 0.324. The molecule has 0 amide bonds. The van der Waals surface area contributed by atoms with Crippen LogP contribution in [0.25, 0.3) is 0 Å². The fourth-order valence-corrected chi connectivity index (χ4v) is 3.83. The summed E-state index contributed by atoms with van der Waals surface area (Å²) in [5.41, 5.74) is 0.661.